The molecule has 1 aliphatic heterocycles. The van der Waals surface area contributed by atoms with Crippen molar-refractivity contribution in [3.05, 3.63) is 113 Å². The molecule has 2 unspecified atom stereocenters. The maximum absolute atomic E-state index is 11.1. The Kier molecular flexibility index (Phi) is 6.15. The van der Waals surface area contributed by atoms with Gasteiger partial charge in [-0.2, -0.15) is 0 Å². The Morgan fingerprint density at radius 2 is 1.77 bits per heavy atom. The number of ether oxygens (including phenoxy) is 1. The molecule has 0 bridgehead atoms. The van der Waals surface area contributed by atoms with Crippen molar-refractivity contribution in [2.75, 3.05) is 11.5 Å². The summed E-state index contributed by atoms with van der Waals surface area (Å²) in [5.41, 5.74) is 3.62. The van der Waals surface area contributed by atoms with Crippen LogP contribution in [-0.2, 0) is 0 Å². The molecule has 4 aromatic rings. The molecule has 1 saturated heterocycles. The molecule has 1 N–H and O–H groups in total. The largest absolute Gasteiger partial charge is 0.494 e. The average molecular weight is 486 g/mol. The quantitative estimate of drug-likeness (QED) is 0.214. The van der Waals surface area contributed by atoms with Gasteiger partial charge in [0.2, 0.25) is 0 Å². The molecule has 9 heteroatoms. The molecule has 0 spiro atoms. The monoisotopic (exact) mass is 485 g/mol. The first-order chi connectivity index (χ1) is 17.1. The van der Waals surface area contributed by atoms with Crippen molar-refractivity contribution >= 4 is 28.7 Å². The molecule has 1 aliphatic rings. The molecule has 5 rings (SSSR count). The first kappa shape index (κ1) is 22.5. The lowest BCUT2D eigenvalue weighted by molar-refractivity contribution is -0.384. The number of thiocarbonyl (C=S) groups is 1. The number of anilines is 1. The zero-order valence-corrected chi connectivity index (χ0v) is 19.8. The number of nitrogens with one attached hydrogen (secondary N) is 1. The number of aromatic nitrogens is 2. The fourth-order valence-electron chi connectivity index (χ4n) is 4.41. The van der Waals surface area contributed by atoms with Crippen LogP contribution in [0.1, 0.15) is 30.4 Å². The highest BCUT2D eigenvalue weighted by atomic mass is 32.1. The van der Waals surface area contributed by atoms with Gasteiger partial charge < -0.3 is 19.5 Å². The molecule has 3 heterocycles. The first-order valence-corrected chi connectivity index (χ1v) is 11.6. The molecule has 0 radical (unpaired) electrons. The van der Waals surface area contributed by atoms with Crippen LogP contribution >= 0.6 is 12.2 Å². The van der Waals surface area contributed by atoms with Crippen molar-refractivity contribution in [3.8, 4) is 11.4 Å². The molecule has 176 valence electrons. The Balaban J connectivity index is 1.60. The van der Waals surface area contributed by atoms with Crippen LogP contribution in [0.2, 0.25) is 0 Å². The summed E-state index contributed by atoms with van der Waals surface area (Å²) in [5.74, 6) is 0.793. The van der Waals surface area contributed by atoms with E-state index in [1.54, 1.807) is 18.3 Å². The van der Waals surface area contributed by atoms with E-state index in [1.807, 2.05) is 72.3 Å². The fraction of sp³-hybridized carbons (Fsp3) is 0.154. The summed E-state index contributed by atoms with van der Waals surface area (Å²) in [5, 5.41) is 15.2. The Morgan fingerprint density at radius 3 is 2.43 bits per heavy atom. The predicted molar refractivity (Wildman–Crippen MR) is 138 cm³/mol. The average Bonchev–Trinajstić information content (AvgIpc) is 3.50. The van der Waals surface area contributed by atoms with Gasteiger partial charge in [0.05, 0.1) is 23.3 Å². The maximum Gasteiger partial charge on any atom is 0.269 e. The van der Waals surface area contributed by atoms with Crippen LogP contribution < -0.4 is 15.0 Å². The Morgan fingerprint density at radius 1 is 1.03 bits per heavy atom. The number of non-ortho nitro benzene ring substituents is 1. The highest BCUT2D eigenvalue weighted by Crippen LogP contribution is 2.42. The highest BCUT2D eigenvalue weighted by molar-refractivity contribution is 7.80. The molecule has 2 aromatic carbocycles. The van der Waals surface area contributed by atoms with E-state index in [0.717, 1.165) is 28.5 Å². The van der Waals surface area contributed by atoms with Gasteiger partial charge in [-0.15, -0.1) is 0 Å². The molecule has 2 aromatic heterocycles. The number of rotatable bonds is 7. The van der Waals surface area contributed by atoms with Gasteiger partial charge in [0, 0.05) is 41.6 Å². The van der Waals surface area contributed by atoms with Gasteiger partial charge in [0.1, 0.15) is 11.8 Å². The van der Waals surface area contributed by atoms with Crippen LogP contribution in [0, 0.1) is 10.1 Å². The van der Waals surface area contributed by atoms with Crippen molar-refractivity contribution in [2.24, 2.45) is 0 Å². The van der Waals surface area contributed by atoms with Crippen molar-refractivity contribution in [1.29, 1.82) is 0 Å². The van der Waals surface area contributed by atoms with Crippen molar-refractivity contribution in [2.45, 2.75) is 19.0 Å². The molecular weight excluding hydrogens is 462 g/mol. The van der Waals surface area contributed by atoms with Gasteiger partial charge in [-0.1, -0.05) is 6.07 Å². The molecule has 1 fully saturated rings. The molecule has 0 amide bonds. The van der Waals surface area contributed by atoms with E-state index < -0.39 is 4.92 Å². The zero-order chi connectivity index (χ0) is 24.4. The first-order valence-electron chi connectivity index (χ1n) is 11.2. The number of hydrogen-bond acceptors (Lipinski definition) is 5. The Labute approximate surface area is 207 Å². The number of hydrogen-bond donors (Lipinski definition) is 1. The third-order valence-electron chi connectivity index (χ3n) is 5.95. The SMILES string of the molecule is CCOc1ccc(N2C(=S)NC(c3ccccn3)C2c2cccn2-c2ccc([N+](=O)[O-])cc2)cc1. The predicted octanol–water partition coefficient (Wildman–Crippen LogP) is 5.36. The van der Waals surface area contributed by atoms with Crippen LogP contribution in [0.3, 0.4) is 0 Å². The number of benzene rings is 2. The summed E-state index contributed by atoms with van der Waals surface area (Å²) in [6.07, 6.45) is 3.72. The van der Waals surface area contributed by atoms with E-state index in [1.165, 1.54) is 12.1 Å². The van der Waals surface area contributed by atoms with Crippen LogP contribution in [0.4, 0.5) is 11.4 Å². The topological polar surface area (TPSA) is 85.5 Å². The third-order valence-corrected chi connectivity index (χ3v) is 6.26. The molecule has 8 nitrogen and oxygen atoms in total. The number of nitrogens with zero attached hydrogens (tertiary/aromatic N) is 4. The summed E-state index contributed by atoms with van der Waals surface area (Å²) in [6.45, 7) is 2.55. The van der Waals surface area contributed by atoms with E-state index in [0.29, 0.717) is 11.7 Å². The second-order valence-electron chi connectivity index (χ2n) is 8.00. The number of nitro benzene ring substituents is 1. The summed E-state index contributed by atoms with van der Waals surface area (Å²) in [4.78, 5) is 17.4. The lowest BCUT2D eigenvalue weighted by Gasteiger charge is -2.29. The van der Waals surface area contributed by atoms with Gasteiger partial charge in [-0.25, -0.2) is 0 Å². The molecule has 35 heavy (non-hydrogen) atoms. The minimum atomic E-state index is -0.398. The zero-order valence-electron chi connectivity index (χ0n) is 18.9. The van der Waals surface area contributed by atoms with Crippen molar-refractivity contribution < 1.29 is 9.66 Å². The van der Waals surface area contributed by atoms with Gasteiger partial charge in [0.15, 0.2) is 5.11 Å². The molecule has 0 saturated carbocycles. The summed E-state index contributed by atoms with van der Waals surface area (Å²) in [7, 11) is 0. The Bertz CT molecular complexity index is 1340. The van der Waals surface area contributed by atoms with E-state index in [4.69, 9.17) is 17.0 Å². The van der Waals surface area contributed by atoms with Crippen LogP contribution in [0.5, 0.6) is 5.75 Å². The molecule has 0 aliphatic carbocycles. The molecular formula is C26H23N5O3S. The van der Waals surface area contributed by atoms with Crippen molar-refractivity contribution in [1.82, 2.24) is 14.9 Å². The third kappa shape index (κ3) is 4.33. The van der Waals surface area contributed by atoms with E-state index in [2.05, 4.69) is 15.2 Å². The van der Waals surface area contributed by atoms with Crippen LogP contribution in [-0.4, -0.2) is 26.2 Å². The standard InChI is InChI=1S/C26H23N5O3S/c1-2-34-21-14-12-19(13-15-21)30-25(24(28-26(30)35)22-6-3-4-16-27-22)23-7-5-17-29(23)18-8-10-20(11-9-18)31(32)33/h3-17,24-25H,2H2,1H3,(H,28,35). The van der Waals surface area contributed by atoms with Gasteiger partial charge in [-0.3, -0.25) is 15.1 Å². The van der Waals surface area contributed by atoms with E-state index in [9.17, 15) is 10.1 Å². The molecule has 2 atom stereocenters. The van der Waals surface area contributed by atoms with E-state index >= 15 is 0 Å². The van der Waals surface area contributed by atoms with E-state index in [-0.39, 0.29) is 17.8 Å². The second-order valence-corrected chi connectivity index (χ2v) is 8.39. The van der Waals surface area contributed by atoms with Gasteiger partial charge in [-0.05, 0) is 79.8 Å². The smallest absolute Gasteiger partial charge is 0.269 e. The Hall–Kier alpha value is -4.24. The minimum Gasteiger partial charge on any atom is -0.494 e. The number of pyridine rings is 1. The summed E-state index contributed by atoms with van der Waals surface area (Å²) < 4.78 is 7.64. The van der Waals surface area contributed by atoms with Crippen molar-refractivity contribution in [3.63, 3.8) is 0 Å². The lowest BCUT2D eigenvalue weighted by Crippen LogP contribution is -2.30. The highest BCUT2D eigenvalue weighted by Gasteiger charge is 2.42. The number of nitro groups is 1. The summed E-state index contributed by atoms with van der Waals surface area (Å²) in [6, 6.07) is 23.8. The summed E-state index contributed by atoms with van der Waals surface area (Å²) >= 11 is 5.81. The fourth-order valence-corrected chi connectivity index (χ4v) is 4.75. The maximum atomic E-state index is 11.1. The second kappa shape index (κ2) is 9.55. The van der Waals surface area contributed by atoms with Gasteiger partial charge >= 0.3 is 0 Å². The van der Waals surface area contributed by atoms with Gasteiger partial charge in [0.25, 0.3) is 5.69 Å². The normalized spacial score (nSPS) is 17.3. The lowest BCUT2D eigenvalue weighted by atomic mass is 10.0. The minimum absolute atomic E-state index is 0.0496. The van der Waals surface area contributed by atoms with Crippen LogP contribution in [0.25, 0.3) is 5.69 Å². The van der Waals surface area contributed by atoms with Crippen LogP contribution in [0.15, 0.2) is 91.3 Å².